The van der Waals surface area contributed by atoms with Crippen LogP contribution in [0.25, 0.3) is 11.1 Å². The summed E-state index contributed by atoms with van der Waals surface area (Å²) in [6, 6.07) is 3.13. The van der Waals surface area contributed by atoms with Gasteiger partial charge >= 0.3 is 5.76 Å². The number of pyridine rings is 1. The number of nitrogens with one attached hydrogen (secondary N) is 1. The second-order valence-electron chi connectivity index (χ2n) is 2.20. The van der Waals surface area contributed by atoms with Gasteiger partial charge in [0.05, 0.1) is 0 Å². The first-order chi connectivity index (χ1) is 5.77. The first kappa shape index (κ1) is 6.78. The summed E-state index contributed by atoms with van der Waals surface area (Å²) in [5, 5.41) is 0.275. The van der Waals surface area contributed by atoms with Crippen LogP contribution in [-0.2, 0) is 0 Å². The highest BCUT2D eigenvalue weighted by atomic mass is 16.4. The van der Waals surface area contributed by atoms with Crippen molar-refractivity contribution in [1.29, 1.82) is 0 Å². The third-order valence-electron chi connectivity index (χ3n) is 1.42. The van der Waals surface area contributed by atoms with Crippen LogP contribution in [0.4, 0.5) is 0 Å². The Balaban J connectivity index is 3.09. The minimum absolute atomic E-state index is 0.0613. The molecular formula is C7H4N2O3. The third-order valence-corrected chi connectivity index (χ3v) is 1.42. The van der Waals surface area contributed by atoms with Crippen molar-refractivity contribution in [2.24, 2.45) is 0 Å². The topological polar surface area (TPSA) is 76.0 Å². The Morgan fingerprint density at radius 3 is 3.08 bits per heavy atom. The van der Waals surface area contributed by atoms with Crippen LogP contribution in [0, 0.1) is 0 Å². The fourth-order valence-electron chi connectivity index (χ4n) is 0.918. The number of rotatable bonds is 0. The molecule has 0 aliphatic carbocycles. The average Bonchev–Trinajstić information content (AvgIpc) is 2.04. The van der Waals surface area contributed by atoms with E-state index in [9.17, 15) is 9.59 Å². The van der Waals surface area contributed by atoms with Gasteiger partial charge in [0.2, 0.25) is 5.71 Å². The maximum absolute atomic E-state index is 11.0. The lowest BCUT2D eigenvalue weighted by molar-refractivity contribution is 0.518. The number of hydrogen-bond acceptors (Lipinski definition) is 4. The average molecular weight is 164 g/mol. The van der Waals surface area contributed by atoms with Gasteiger partial charge in [0, 0.05) is 6.20 Å². The maximum Gasteiger partial charge on any atom is 0.420 e. The molecule has 2 aromatic rings. The lowest BCUT2D eigenvalue weighted by atomic mass is 10.3. The molecule has 2 aromatic heterocycles. The number of aromatic nitrogens is 2. The molecule has 0 unspecified atom stereocenters. The molecule has 5 nitrogen and oxygen atoms in total. The molecule has 5 heteroatoms. The molecule has 0 saturated carbocycles. The summed E-state index contributed by atoms with van der Waals surface area (Å²) in [7, 11) is 0. The van der Waals surface area contributed by atoms with Crippen molar-refractivity contribution < 1.29 is 4.42 Å². The van der Waals surface area contributed by atoms with Gasteiger partial charge in [0.1, 0.15) is 5.39 Å². The summed E-state index contributed by atoms with van der Waals surface area (Å²) in [5.41, 5.74) is -0.416. The number of fused-ring (bicyclic) bond motifs is 1. The van der Waals surface area contributed by atoms with Gasteiger partial charge in [-0.05, 0) is 12.1 Å². The molecule has 0 radical (unpaired) electrons. The van der Waals surface area contributed by atoms with E-state index in [1.165, 1.54) is 12.3 Å². The Morgan fingerprint density at radius 2 is 2.25 bits per heavy atom. The van der Waals surface area contributed by atoms with E-state index in [-0.39, 0.29) is 11.1 Å². The third kappa shape index (κ3) is 0.914. The zero-order valence-corrected chi connectivity index (χ0v) is 5.90. The molecule has 0 amide bonds. The Labute approximate surface area is 65.7 Å². The van der Waals surface area contributed by atoms with Gasteiger partial charge in [-0.1, -0.05) is 0 Å². The number of nitrogens with zero attached hydrogens (tertiary/aromatic N) is 1. The summed E-state index contributed by atoms with van der Waals surface area (Å²) in [4.78, 5) is 27.4. The van der Waals surface area contributed by atoms with Crippen LogP contribution in [0.15, 0.2) is 32.3 Å². The Kier molecular flexibility index (Phi) is 1.30. The van der Waals surface area contributed by atoms with Gasteiger partial charge in [-0.25, -0.2) is 9.78 Å². The van der Waals surface area contributed by atoms with Crippen molar-refractivity contribution in [1.82, 2.24) is 9.97 Å². The van der Waals surface area contributed by atoms with Crippen molar-refractivity contribution >= 4 is 11.1 Å². The largest absolute Gasteiger partial charge is 0.420 e. The SMILES string of the molecule is O=c1[nH]c(=O)c2cccnc2o1. The Bertz CT molecular complexity index is 526. The molecule has 0 saturated heterocycles. The quantitative estimate of drug-likeness (QED) is 0.588. The van der Waals surface area contributed by atoms with Crippen molar-refractivity contribution in [3.63, 3.8) is 0 Å². The summed E-state index contributed by atoms with van der Waals surface area (Å²) in [6.45, 7) is 0. The lowest BCUT2D eigenvalue weighted by Crippen LogP contribution is -2.18. The molecule has 1 N–H and O–H groups in total. The van der Waals surface area contributed by atoms with Gasteiger partial charge in [-0.15, -0.1) is 0 Å². The summed E-state index contributed by atoms with van der Waals surface area (Å²) in [6.07, 6.45) is 1.45. The Hall–Kier alpha value is -1.91. The number of aromatic amines is 1. The molecular weight excluding hydrogens is 160 g/mol. The number of H-pyrrole nitrogens is 1. The summed E-state index contributed by atoms with van der Waals surface area (Å²) < 4.78 is 4.62. The van der Waals surface area contributed by atoms with E-state index in [4.69, 9.17) is 0 Å². The Morgan fingerprint density at radius 1 is 1.42 bits per heavy atom. The van der Waals surface area contributed by atoms with E-state index < -0.39 is 11.3 Å². The monoisotopic (exact) mass is 164 g/mol. The van der Waals surface area contributed by atoms with Crippen LogP contribution in [0.2, 0.25) is 0 Å². The predicted octanol–water partition coefficient (Wildman–Crippen LogP) is -0.124. The van der Waals surface area contributed by atoms with Crippen LogP contribution in [-0.4, -0.2) is 9.97 Å². The zero-order valence-electron chi connectivity index (χ0n) is 5.90. The first-order valence-electron chi connectivity index (χ1n) is 3.25. The maximum atomic E-state index is 11.0. The van der Waals surface area contributed by atoms with Crippen molar-refractivity contribution in [2.45, 2.75) is 0 Å². The summed E-state index contributed by atoms with van der Waals surface area (Å²) in [5.74, 6) is -0.786. The van der Waals surface area contributed by atoms with Crippen LogP contribution >= 0.6 is 0 Å². The molecule has 60 valence electrons. The molecule has 12 heavy (non-hydrogen) atoms. The first-order valence-corrected chi connectivity index (χ1v) is 3.25. The second kappa shape index (κ2) is 2.30. The predicted molar refractivity (Wildman–Crippen MR) is 40.9 cm³/mol. The molecule has 0 aliphatic rings. The van der Waals surface area contributed by atoms with Crippen LogP contribution in [0.5, 0.6) is 0 Å². The van der Waals surface area contributed by atoms with Crippen LogP contribution in [0.1, 0.15) is 0 Å². The van der Waals surface area contributed by atoms with Gasteiger partial charge in [-0.3, -0.25) is 9.78 Å². The smallest absolute Gasteiger partial charge is 0.390 e. The van der Waals surface area contributed by atoms with Crippen molar-refractivity contribution in [2.75, 3.05) is 0 Å². The van der Waals surface area contributed by atoms with E-state index in [0.717, 1.165) is 0 Å². The molecule has 0 bridgehead atoms. The molecule has 0 fully saturated rings. The minimum Gasteiger partial charge on any atom is -0.390 e. The van der Waals surface area contributed by atoms with Crippen LogP contribution < -0.4 is 11.3 Å². The molecule has 2 heterocycles. The lowest BCUT2D eigenvalue weighted by Gasteiger charge is -1.90. The molecule has 0 aliphatic heterocycles. The van der Waals surface area contributed by atoms with E-state index >= 15 is 0 Å². The van der Waals surface area contributed by atoms with Gasteiger partial charge in [0.15, 0.2) is 0 Å². The normalized spacial score (nSPS) is 10.3. The fraction of sp³-hybridized carbons (Fsp3) is 0. The zero-order chi connectivity index (χ0) is 8.55. The van der Waals surface area contributed by atoms with E-state index in [2.05, 4.69) is 9.40 Å². The molecule has 0 aromatic carbocycles. The minimum atomic E-state index is -0.786. The highest BCUT2D eigenvalue weighted by molar-refractivity contribution is 5.70. The fourth-order valence-corrected chi connectivity index (χ4v) is 0.918. The highest BCUT2D eigenvalue weighted by Crippen LogP contribution is 1.99. The number of hydrogen-bond donors (Lipinski definition) is 1. The van der Waals surface area contributed by atoms with Crippen molar-refractivity contribution in [3.05, 3.63) is 39.2 Å². The molecule has 0 atom stereocenters. The van der Waals surface area contributed by atoms with E-state index in [1.807, 2.05) is 4.98 Å². The highest BCUT2D eigenvalue weighted by Gasteiger charge is 2.00. The molecule has 0 spiro atoms. The van der Waals surface area contributed by atoms with Crippen LogP contribution in [0.3, 0.4) is 0 Å². The van der Waals surface area contributed by atoms with Gasteiger partial charge in [-0.2, -0.15) is 0 Å². The van der Waals surface area contributed by atoms with E-state index in [0.29, 0.717) is 0 Å². The van der Waals surface area contributed by atoms with Gasteiger partial charge in [0.25, 0.3) is 5.56 Å². The van der Waals surface area contributed by atoms with Crippen molar-refractivity contribution in [3.8, 4) is 0 Å². The second-order valence-corrected chi connectivity index (χ2v) is 2.20. The van der Waals surface area contributed by atoms with Gasteiger partial charge < -0.3 is 4.42 Å². The standard InChI is InChI=1S/C7H4N2O3/c10-5-4-2-1-3-8-6(4)12-7(11)9-5/h1-3H,(H,9,10,11). The summed E-state index contributed by atoms with van der Waals surface area (Å²) >= 11 is 0. The molecule has 2 rings (SSSR count). The van der Waals surface area contributed by atoms with E-state index in [1.54, 1.807) is 6.07 Å².